The van der Waals surface area contributed by atoms with Crippen molar-refractivity contribution in [2.45, 2.75) is 26.8 Å². The third-order valence-electron chi connectivity index (χ3n) is 2.92. The number of nitrogens with one attached hydrogen (secondary N) is 1. The van der Waals surface area contributed by atoms with Gasteiger partial charge in [-0.2, -0.15) is 0 Å². The lowest BCUT2D eigenvalue weighted by Gasteiger charge is -2.15. The Hall–Kier alpha value is -1.95. The van der Waals surface area contributed by atoms with Gasteiger partial charge >= 0.3 is 0 Å². The Balaban J connectivity index is 2.22. The van der Waals surface area contributed by atoms with E-state index in [1.807, 2.05) is 32.9 Å². The minimum atomic E-state index is 0.0767. The van der Waals surface area contributed by atoms with Crippen LogP contribution in [0.2, 0.25) is 0 Å². The Labute approximate surface area is 117 Å². The number of nitrogens with two attached hydrogens (primary N) is 1. The fraction of sp³-hybridized carbons (Fsp3) is 0.308. The topological polar surface area (TPSA) is 77.0 Å². The summed E-state index contributed by atoms with van der Waals surface area (Å²) in [6.07, 6.45) is 1.68. The minimum absolute atomic E-state index is 0.0767. The van der Waals surface area contributed by atoms with E-state index in [0.717, 1.165) is 22.7 Å². The second kappa shape index (κ2) is 5.36. The van der Waals surface area contributed by atoms with Gasteiger partial charge in [-0.1, -0.05) is 17.4 Å². The van der Waals surface area contributed by atoms with E-state index in [1.54, 1.807) is 6.20 Å². The summed E-state index contributed by atoms with van der Waals surface area (Å²) in [4.78, 5) is 4.39. The van der Waals surface area contributed by atoms with Crippen LogP contribution in [0.25, 0.3) is 0 Å². The lowest BCUT2D eigenvalue weighted by atomic mass is 10.1. The number of pyridine rings is 1. The molecule has 1 atom stereocenters. The van der Waals surface area contributed by atoms with Gasteiger partial charge in [-0.25, -0.2) is 0 Å². The molecule has 0 bridgehead atoms. The SMILES string of the molecule is Cc1noc(C)c1C(C)Nc1ccnc(C(N)=S)c1. The number of thiocarbonyl (C=S) groups is 1. The van der Waals surface area contributed by atoms with Gasteiger partial charge in [-0.3, -0.25) is 4.98 Å². The first kappa shape index (κ1) is 13.5. The molecule has 0 aromatic carbocycles. The van der Waals surface area contributed by atoms with Crippen molar-refractivity contribution in [2.75, 3.05) is 5.32 Å². The average molecular weight is 276 g/mol. The van der Waals surface area contributed by atoms with Crippen LogP contribution in [0.15, 0.2) is 22.9 Å². The Kier molecular flexibility index (Phi) is 3.80. The molecule has 0 saturated heterocycles. The molecule has 0 amide bonds. The number of hydrogen-bond donors (Lipinski definition) is 2. The van der Waals surface area contributed by atoms with E-state index in [0.29, 0.717) is 5.69 Å². The molecule has 0 aliphatic carbocycles. The summed E-state index contributed by atoms with van der Waals surface area (Å²) in [5, 5.41) is 7.32. The lowest BCUT2D eigenvalue weighted by molar-refractivity contribution is 0.392. The first-order valence-corrected chi connectivity index (χ1v) is 6.35. The Morgan fingerprint density at radius 3 is 2.79 bits per heavy atom. The minimum Gasteiger partial charge on any atom is -0.388 e. The number of aryl methyl sites for hydroxylation is 2. The maximum atomic E-state index is 5.57. The zero-order valence-corrected chi connectivity index (χ0v) is 11.9. The summed E-state index contributed by atoms with van der Waals surface area (Å²) in [5.74, 6) is 0.820. The maximum Gasteiger partial charge on any atom is 0.139 e. The molecule has 2 rings (SSSR count). The third kappa shape index (κ3) is 2.90. The van der Waals surface area contributed by atoms with Crippen LogP contribution < -0.4 is 11.1 Å². The van der Waals surface area contributed by atoms with Crippen LogP contribution in [-0.2, 0) is 0 Å². The van der Waals surface area contributed by atoms with Gasteiger partial charge in [0.1, 0.15) is 10.7 Å². The average Bonchev–Trinajstić information content (AvgIpc) is 2.69. The molecule has 3 N–H and O–H groups in total. The highest BCUT2D eigenvalue weighted by molar-refractivity contribution is 7.80. The van der Waals surface area contributed by atoms with Gasteiger partial charge in [-0.15, -0.1) is 0 Å². The Morgan fingerprint density at radius 2 is 2.21 bits per heavy atom. The predicted octanol–water partition coefficient (Wildman–Crippen LogP) is 2.49. The predicted molar refractivity (Wildman–Crippen MR) is 78.1 cm³/mol. The van der Waals surface area contributed by atoms with Crippen molar-refractivity contribution in [1.82, 2.24) is 10.1 Å². The molecule has 1 unspecified atom stereocenters. The van der Waals surface area contributed by atoms with Gasteiger partial charge in [0.05, 0.1) is 17.4 Å². The zero-order chi connectivity index (χ0) is 14.0. The molecule has 2 aromatic heterocycles. The van der Waals surface area contributed by atoms with E-state index >= 15 is 0 Å². The Bertz CT molecular complexity index is 589. The number of nitrogens with zero attached hydrogens (tertiary/aromatic N) is 2. The van der Waals surface area contributed by atoms with Crippen molar-refractivity contribution >= 4 is 22.9 Å². The monoisotopic (exact) mass is 276 g/mol. The molecule has 19 heavy (non-hydrogen) atoms. The van der Waals surface area contributed by atoms with Gasteiger partial charge in [0, 0.05) is 17.4 Å². The molecule has 2 heterocycles. The number of hydrogen-bond acceptors (Lipinski definition) is 5. The normalized spacial score (nSPS) is 12.2. The van der Waals surface area contributed by atoms with Crippen LogP contribution in [0.1, 0.15) is 35.7 Å². The summed E-state index contributed by atoms with van der Waals surface area (Å²) in [6.45, 7) is 5.88. The summed E-state index contributed by atoms with van der Waals surface area (Å²) in [5.41, 5.74) is 9.04. The molecule has 6 heteroatoms. The maximum absolute atomic E-state index is 5.57. The van der Waals surface area contributed by atoms with E-state index in [2.05, 4.69) is 15.5 Å². The standard InChI is InChI=1S/C13H16N4OS/c1-7(12-8(2)17-18-9(12)3)16-10-4-5-15-11(6-10)13(14)19/h4-7H,1-3H3,(H2,14,19)(H,15,16). The molecular formula is C13H16N4OS. The Morgan fingerprint density at radius 1 is 1.47 bits per heavy atom. The molecule has 0 saturated carbocycles. The smallest absolute Gasteiger partial charge is 0.139 e. The highest BCUT2D eigenvalue weighted by Gasteiger charge is 2.16. The first-order chi connectivity index (χ1) is 8.99. The van der Waals surface area contributed by atoms with Crippen LogP contribution in [-0.4, -0.2) is 15.1 Å². The van der Waals surface area contributed by atoms with Crippen molar-refractivity contribution in [1.29, 1.82) is 0 Å². The summed E-state index contributed by atoms with van der Waals surface area (Å²) in [7, 11) is 0. The van der Waals surface area contributed by atoms with Gasteiger partial charge in [-0.05, 0) is 32.9 Å². The van der Waals surface area contributed by atoms with Crippen LogP contribution in [0.3, 0.4) is 0 Å². The van der Waals surface area contributed by atoms with Crippen molar-refractivity contribution < 1.29 is 4.52 Å². The summed E-state index contributed by atoms with van der Waals surface area (Å²) < 4.78 is 5.17. The highest BCUT2D eigenvalue weighted by Crippen LogP contribution is 2.24. The van der Waals surface area contributed by atoms with E-state index in [9.17, 15) is 0 Å². The van der Waals surface area contributed by atoms with Gasteiger partial charge < -0.3 is 15.6 Å². The van der Waals surface area contributed by atoms with Crippen molar-refractivity contribution in [3.8, 4) is 0 Å². The first-order valence-electron chi connectivity index (χ1n) is 5.94. The lowest BCUT2D eigenvalue weighted by Crippen LogP contribution is -2.13. The van der Waals surface area contributed by atoms with Crippen LogP contribution in [0.5, 0.6) is 0 Å². The zero-order valence-electron chi connectivity index (χ0n) is 11.1. The number of rotatable bonds is 4. The molecule has 0 aliphatic heterocycles. The molecular weight excluding hydrogens is 260 g/mol. The van der Waals surface area contributed by atoms with Crippen molar-refractivity contribution in [3.05, 3.63) is 41.0 Å². The van der Waals surface area contributed by atoms with Gasteiger partial charge in [0.15, 0.2) is 0 Å². The largest absolute Gasteiger partial charge is 0.388 e. The fourth-order valence-electron chi connectivity index (χ4n) is 2.09. The number of aromatic nitrogens is 2. The summed E-state index contributed by atoms with van der Waals surface area (Å²) in [6, 6.07) is 3.78. The highest BCUT2D eigenvalue weighted by atomic mass is 32.1. The van der Waals surface area contributed by atoms with E-state index in [4.69, 9.17) is 22.5 Å². The van der Waals surface area contributed by atoms with E-state index in [1.165, 1.54) is 0 Å². The van der Waals surface area contributed by atoms with Crippen LogP contribution >= 0.6 is 12.2 Å². The van der Waals surface area contributed by atoms with Crippen LogP contribution in [0.4, 0.5) is 5.69 Å². The third-order valence-corrected chi connectivity index (χ3v) is 3.13. The molecule has 100 valence electrons. The molecule has 0 fully saturated rings. The molecule has 0 spiro atoms. The van der Waals surface area contributed by atoms with Crippen molar-refractivity contribution in [2.24, 2.45) is 5.73 Å². The molecule has 0 aliphatic rings. The van der Waals surface area contributed by atoms with E-state index in [-0.39, 0.29) is 11.0 Å². The summed E-state index contributed by atoms with van der Waals surface area (Å²) >= 11 is 4.92. The second-order valence-electron chi connectivity index (χ2n) is 4.40. The van der Waals surface area contributed by atoms with Gasteiger partial charge in [0.25, 0.3) is 0 Å². The molecule has 2 aromatic rings. The fourth-order valence-corrected chi connectivity index (χ4v) is 2.20. The quantitative estimate of drug-likeness (QED) is 0.835. The molecule has 0 radical (unpaired) electrons. The van der Waals surface area contributed by atoms with E-state index < -0.39 is 0 Å². The van der Waals surface area contributed by atoms with Gasteiger partial charge in [0.2, 0.25) is 0 Å². The second-order valence-corrected chi connectivity index (χ2v) is 4.84. The molecule has 5 nitrogen and oxygen atoms in total. The number of anilines is 1. The van der Waals surface area contributed by atoms with Crippen molar-refractivity contribution in [3.63, 3.8) is 0 Å². The van der Waals surface area contributed by atoms with Crippen LogP contribution in [0, 0.1) is 13.8 Å².